The molecule has 0 aliphatic carbocycles. The van der Waals surface area contributed by atoms with E-state index in [1.807, 2.05) is 0 Å². The Morgan fingerprint density at radius 1 is 1.65 bits per heavy atom. The Bertz CT molecular complexity index is 715. The lowest BCUT2D eigenvalue weighted by molar-refractivity contribution is -0.0149. The summed E-state index contributed by atoms with van der Waals surface area (Å²) in [7, 11) is 0. The molecule has 1 saturated heterocycles. The topological polar surface area (TPSA) is 113 Å². The molecule has 1 unspecified atom stereocenters. The van der Waals surface area contributed by atoms with Gasteiger partial charge in [0.25, 0.3) is 5.56 Å². The van der Waals surface area contributed by atoms with Gasteiger partial charge in [0.15, 0.2) is 11.2 Å². The van der Waals surface area contributed by atoms with Crippen molar-refractivity contribution in [3.63, 3.8) is 0 Å². The van der Waals surface area contributed by atoms with Crippen LogP contribution in [0.5, 0.6) is 0 Å². The van der Waals surface area contributed by atoms with Crippen LogP contribution in [0.1, 0.15) is 20.3 Å². The first-order valence-electron chi connectivity index (χ1n) is 6.94. The Kier molecular flexibility index (Phi) is 2.79. The average molecular weight is 281 g/mol. The normalized spacial score (nSPS) is 30.9. The van der Waals surface area contributed by atoms with Crippen molar-refractivity contribution >= 4 is 11.2 Å². The number of H-pyrrole nitrogens is 1. The van der Waals surface area contributed by atoms with Crippen molar-refractivity contribution in [1.82, 2.24) is 19.5 Å². The van der Waals surface area contributed by atoms with Crippen LogP contribution in [0, 0.1) is 12.8 Å². The summed E-state index contributed by atoms with van der Waals surface area (Å²) in [5, 5.41) is 19.5. The van der Waals surface area contributed by atoms with Crippen LogP contribution >= 0.6 is 0 Å². The molecule has 2 aromatic rings. The largest absolute Gasteiger partial charge is 0.396 e. The third kappa shape index (κ3) is 1.84. The number of imidazole rings is 1. The molecule has 0 amide bonds. The molecule has 4 atom stereocenters. The van der Waals surface area contributed by atoms with Crippen molar-refractivity contribution in [2.45, 2.75) is 32.3 Å². The lowest BCUT2D eigenvalue weighted by Crippen LogP contribution is -2.28. The summed E-state index contributed by atoms with van der Waals surface area (Å²) in [4.78, 5) is 22.6. The van der Waals surface area contributed by atoms with Gasteiger partial charge in [0.2, 0.25) is 0 Å². The highest BCUT2D eigenvalue weighted by Crippen LogP contribution is 2.35. The molecule has 0 bridgehead atoms. The lowest BCUT2D eigenvalue weighted by atomic mass is 10.0. The van der Waals surface area contributed by atoms with Crippen LogP contribution in [-0.4, -0.2) is 48.5 Å². The van der Waals surface area contributed by atoms with E-state index in [1.54, 1.807) is 6.92 Å². The van der Waals surface area contributed by atoms with Gasteiger partial charge in [0, 0.05) is 1.37 Å². The Balaban J connectivity index is 2.10. The summed E-state index contributed by atoms with van der Waals surface area (Å²) in [5.41, 5.74) is 0.148. The number of hydrogen-bond donors (Lipinski definition) is 3. The second kappa shape index (κ2) is 4.65. The highest BCUT2D eigenvalue weighted by atomic mass is 16.5. The van der Waals surface area contributed by atoms with Gasteiger partial charge in [0.05, 0.1) is 31.1 Å². The minimum atomic E-state index is -0.946. The van der Waals surface area contributed by atoms with Crippen LogP contribution in [-0.2, 0) is 4.74 Å². The van der Waals surface area contributed by atoms with Crippen molar-refractivity contribution in [1.29, 1.82) is 0 Å². The van der Waals surface area contributed by atoms with E-state index in [0.29, 0.717) is 11.5 Å². The standard InChI is InChI=1S/C12H16N4O4/c1-5-9(18)7(3-17)12(20-5)16-4-13-8-10(16)14-6(2)15-11(8)19/h4-5,7,9,12,17-18H,3H2,1-2H3,(H,14,15,19)/t5-,7-,9?,12-/m1/s1/i1D. The molecule has 3 N–H and O–H groups in total. The Morgan fingerprint density at radius 2 is 2.45 bits per heavy atom. The molecule has 8 nitrogen and oxygen atoms in total. The molecule has 20 heavy (non-hydrogen) atoms. The zero-order chi connectivity index (χ0) is 15.1. The second-order valence-corrected chi connectivity index (χ2v) is 4.88. The molecule has 0 spiro atoms. The zero-order valence-electron chi connectivity index (χ0n) is 11.9. The Morgan fingerprint density at radius 3 is 3.15 bits per heavy atom. The minimum absolute atomic E-state index is 0.117. The highest BCUT2D eigenvalue weighted by molar-refractivity contribution is 5.69. The molecule has 1 fully saturated rings. The van der Waals surface area contributed by atoms with Gasteiger partial charge in [-0.25, -0.2) is 9.97 Å². The Labute approximate surface area is 115 Å². The smallest absolute Gasteiger partial charge is 0.279 e. The number of aromatic nitrogens is 4. The number of ether oxygens (including phenoxy) is 1. The molecule has 108 valence electrons. The maximum absolute atomic E-state index is 11.8. The minimum Gasteiger partial charge on any atom is -0.396 e. The van der Waals surface area contributed by atoms with Crippen LogP contribution in [0.3, 0.4) is 0 Å². The van der Waals surface area contributed by atoms with Crippen molar-refractivity contribution in [3.8, 4) is 0 Å². The number of aryl methyl sites for hydroxylation is 1. The summed E-state index contributed by atoms with van der Waals surface area (Å²) in [6.07, 6.45) is -0.941. The van der Waals surface area contributed by atoms with E-state index < -0.39 is 24.4 Å². The van der Waals surface area contributed by atoms with Crippen LogP contribution in [0.2, 0.25) is 0 Å². The lowest BCUT2D eigenvalue weighted by Gasteiger charge is -2.19. The summed E-state index contributed by atoms with van der Waals surface area (Å²) in [5.74, 6) is -0.162. The summed E-state index contributed by atoms with van der Waals surface area (Å²) in [6.45, 7) is 1.23. The molecule has 3 heterocycles. The molecule has 0 radical (unpaired) electrons. The fourth-order valence-corrected chi connectivity index (χ4v) is 2.50. The van der Waals surface area contributed by atoms with Gasteiger partial charge < -0.3 is 19.9 Å². The van der Waals surface area contributed by atoms with Gasteiger partial charge in [-0.15, -0.1) is 0 Å². The first kappa shape index (κ1) is 12.0. The highest BCUT2D eigenvalue weighted by Gasteiger charge is 2.42. The first-order chi connectivity index (χ1) is 10.1. The predicted molar refractivity (Wildman–Crippen MR) is 69.1 cm³/mol. The monoisotopic (exact) mass is 281 g/mol. The van der Waals surface area contributed by atoms with Crippen molar-refractivity contribution < 1.29 is 16.3 Å². The van der Waals surface area contributed by atoms with E-state index in [9.17, 15) is 15.0 Å². The van der Waals surface area contributed by atoms with Crippen molar-refractivity contribution in [2.24, 2.45) is 5.92 Å². The molecule has 0 saturated carbocycles. The fourth-order valence-electron chi connectivity index (χ4n) is 2.50. The molecule has 3 rings (SSSR count). The molecule has 2 aromatic heterocycles. The van der Waals surface area contributed by atoms with E-state index in [-0.39, 0.29) is 24.6 Å². The van der Waals surface area contributed by atoms with Gasteiger partial charge in [-0.1, -0.05) is 0 Å². The molecular weight excluding hydrogens is 264 g/mol. The maximum Gasteiger partial charge on any atom is 0.279 e. The van der Waals surface area contributed by atoms with E-state index in [1.165, 1.54) is 10.9 Å². The van der Waals surface area contributed by atoms with Crippen LogP contribution in [0.25, 0.3) is 11.2 Å². The fraction of sp³-hybridized carbons (Fsp3) is 0.583. The number of aromatic amines is 1. The Hall–Kier alpha value is -1.77. The summed E-state index contributed by atoms with van der Waals surface area (Å²) >= 11 is 0. The van der Waals surface area contributed by atoms with E-state index in [2.05, 4.69) is 15.0 Å². The molecule has 1 aliphatic heterocycles. The van der Waals surface area contributed by atoms with Gasteiger partial charge in [-0.2, -0.15) is 0 Å². The summed E-state index contributed by atoms with van der Waals surface area (Å²) in [6, 6.07) is 0. The van der Waals surface area contributed by atoms with Crippen LogP contribution < -0.4 is 5.56 Å². The number of fused-ring (bicyclic) bond motifs is 1. The number of hydrogen-bond acceptors (Lipinski definition) is 6. The predicted octanol–water partition coefficient (Wildman–Crippen LogP) is -0.685. The molecular formula is C12H16N4O4. The molecule has 8 heteroatoms. The molecule has 0 aromatic carbocycles. The third-order valence-electron chi connectivity index (χ3n) is 3.54. The first-order valence-corrected chi connectivity index (χ1v) is 6.24. The zero-order valence-corrected chi connectivity index (χ0v) is 10.9. The SMILES string of the molecule is [2H]C[C@H]1O[C@@H](n2cnc3c(=O)[nH]c(C)nc32)[C@H](CO)C1O. The van der Waals surface area contributed by atoms with E-state index >= 15 is 0 Å². The number of nitrogens with zero attached hydrogens (tertiary/aromatic N) is 3. The van der Waals surface area contributed by atoms with Gasteiger partial charge in [-0.3, -0.25) is 9.36 Å². The van der Waals surface area contributed by atoms with Crippen LogP contribution in [0.15, 0.2) is 11.1 Å². The number of nitrogens with one attached hydrogen (secondary N) is 1. The summed E-state index contributed by atoms with van der Waals surface area (Å²) < 4.78 is 14.5. The second-order valence-electron chi connectivity index (χ2n) is 4.88. The van der Waals surface area contributed by atoms with E-state index in [0.717, 1.165) is 0 Å². The maximum atomic E-state index is 11.8. The van der Waals surface area contributed by atoms with Crippen molar-refractivity contribution in [3.05, 3.63) is 22.5 Å². The van der Waals surface area contributed by atoms with Gasteiger partial charge in [-0.05, 0) is 13.8 Å². The van der Waals surface area contributed by atoms with Gasteiger partial charge in [0.1, 0.15) is 12.1 Å². The van der Waals surface area contributed by atoms with E-state index in [4.69, 9.17) is 6.11 Å². The third-order valence-corrected chi connectivity index (χ3v) is 3.54. The number of rotatable bonds is 2. The average Bonchev–Trinajstić information content (AvgIpc) is 2.99. The molecule has 1 aliphatic rings. The van der Waals surface area contributed by atoms with Gasteiger partial charge >= 0.3 is 0 Å². The number of aliphatic hydroxyl groups is 2. The number of aliphatic hydroxyl groups excluding tert-OH is 2. The van der Waals surface area contributed by atoms with Crippen LogP contribution in [0.4, 0.5) is 0 Å². The quantitative estimate of drug-likeness (QED) is 0.672. The van der Waals surface area contributed by atoms with Crippen molar-refractivity contribution in [2.75, 3.05) is 6.61 Å².